The van der Waals surface area contributed by atoms with Crippen LogP contribution in [0, 0.1) is 0 Å². The Bertz CT molecular complexity index is 1110. The van der Waals surface area contributed by atoms with Crippen LogP contribution in [0.3, 0.4) is 0 Å². The van der Waals surface area contributed by atoms with Gasteiger partial charge >= 0.3 is 0 Å². The molecule has 0 radical (unpaired) electrons. The maximum absolute atomic E-state index is 12.5. The lowest BCUT2D eigenvalue weighted by Crippen LogP contribution is -2.11. The molecule has 4 aromatic rings. The number of rotatable bonds is 1. The highest BCUT2D eigenvalue weighted by Crippen LogP contribution is 2.37. The molecule has 0 fully saturated rings. The number of fused-ring (bicyclic) bond motifs is 5. The summed E-state index contributed by atoms with van der Waals surface area (Å²) < 4.78 is 2.17. The van der Waals surface area contributed by atoms with Gasteiger partial charge in [0.2, 0.25) is 0 Å². The molecule has 2 aromatic carbocycles. The second-order valence-electron chi connectivity index (χ2n) is 5.68. The number of hydrogen-bond donors (Lipinski definition) is 0. The van der Waals surface area contributed by atoms with E-state index in [9.17, 15) is 4.79 Å². The topological polar surface area (TPSA) is 34.9 Å². The van der Waals surface area contributed by atoms with Crippen LogP contribution in [0.2, 0.25) is 0 Å². The highest BCUT2D eigenvalue weighted by molar-refractivity contribution is 7.21. The second kappa shape index (κ2) is 4.64. The van der Waals surface area contributed by atoms with Crippen LogP contribution in [-0.2, 0) is 6.54 Å². The van der Waals surface area contributed by atoms with Gasteiger partial charge in [0.05, 0.1) is 11.9 Å². The van der Waals surface area contributed by atoms with Crippen molar-refractivity contribution in [1.82, 2.24) is 9.55 Å². The normalized spacial score (nSPS) is 12.3. The summed E-state index contributed by atoms with van der Waals surface area (Å²) in [7, 11) is 0. The Balaban J connectivity index is 1.81. The van der Waals surface area contributed by atoms with Crippen molar-refractivity contribution in [3.05, 3.63) is 76.6 Å². The molecule has 5 rings (SSSR count). The molecule has 3 nitrogen and oxygen atoms in total. The Hall–Kier alpha value is -2.72. The molecule has 1 aliphatic heterocycles. The highest BCUT2D eigenvalue weighted by Gasteiger charge is 2.23. The summed E-state index contributed by atoms with van der Waals surface area (Å²) in [5.41, 5.74) is 3.29. The van der Waals surface area contributed by atoms with Crippen LogP contribution >= 0.6 is 11.3 Å². The van der Waals surface area contributed by atoms with Gasteiger partial charge in [-0.1, -0.05) is 54.6 Å². The van der Waals surface area contributed by atoms with Crippen LogP contribution in [0.25, 0.3) is 32.0 Å². The number of thiophene rings is 1. The minimum atomic E-state index is -0.138. The van der Waals surface area contributed by atoms with Gasteiger partial charge in [-0.25, -0.2) is 0 Å². The van der Waals surface area contributed by atoms with Crippen molar-refractivity contribution in [2.45, 2.75) is 6.54 Å². The molecule has 3 heterocycles. The third-order valence-corrected chi connectivity index (χ3v) is 5.50. The van der Waals surface area contributed by atoms with Crippen LogP contribution in [-0.4, -0.2) is 9.55 Å². The Morgan fingerprint density at radius 2 is 1.78 bits per heavy atom. The first kappa shape index (κ1) is 12.8. The van der Waals surface area contributed by atoms with Crippen molar-refractivity contribution in [1.29, 1.82) is 0 Å². The first-order valence-corrected chi connectivity index (χ1v) is 8.31. The Morgan fingerprint density at radius 3 is 2.65 bits per heavy atom. The molecule has 23 heavy (non-hydrogen) atoms. The van der Waals surface area contributed by atoms with Gasteiger partial charge in [0.1, 0.15) is 10.7 Å². The summed E-state index contributed by atoms with van der Waals surface area (Å²) in [6, 6.07) is 20.3. The van der Waals surface area contributed by atoms with Gasteiger partial charge in [-0.15, -0.1) is 11.3 Å². The molecule has 2 aromatic heterocycles. The average molecular weight is 316 g/mol. The van der Waals surface area contributed by atoms with E-state index in [0.29, 0.717) is 5.39 Å². The maximum atomic E-state index is 12.5. The lowest BCUT2D eigenvalue weighted by molar-refractivity contribution is 0.860. The predicted octanol–water partition coefficient (Wildman–Crippen LogP) is 4.15. The summed E-state index contributed by atoms with van der Waals surface area (Å²) >= 11 is 1.66. The van der Waals surface area contributed by atoms with E-state index in [1.165, 1.54) is 5.56 Å². The molecule has 0 atom stereocenters. The quantitative estimate of drug-likeness (QED) is 0.465. The second-order valence-corrected chi connectivity index (χ2v) is 6.71. The van der Waals surface area contributed by atoms with Gasteiger partial charge in [-0.2, -0.15) is 4.98 Å². The molecule has 110 valence electrons. The summed E-state index contributed by atoms with van der Waals surface area (Å²) in [4.78, 5) is 18.9. The summed E-state index contributed by atoms with van der Waals surface area (Å²) in [6.07, 6.45) is 0. The van der Waals surface area contributed by atoms with E-state index >= 15 is 0 Å². The van der Waals surface area contributed by atoms with Crippen molar-refractivity contribution < 1.29 is 0 Å². The van der Waals surface area contributed by atoms with Crippen LogP contribution in [0.1, 0.15) is 5.56 Å². The van der Waals surface area contributed by atoms with Crippen molar-refractivity contribution in [3.8, 4) is 21.8 Å². The fourth-order valence-electron chi connectivity index (χ4n) is 3.19. The molecule has 0 bridgehead atoms. The molecule has 0 unspecified atom stereocenters. The molecule has 0 aliphatic carbocycles. The molecule has 0 amide bonds. The smallest absolute Gasteiger partial charge is 0.282 e. The highest BCUT2D eigenvalue weighted by atomic mass is 32.1. The minimum absolute atomic E-state index is 0.138. The molecule has 1 aliphatic rings. The summed E-state index contributed by atoms with van der Waals surface area (Å²) in [5, 5.41) is 0.713. The van der Waals surface area contributed by atoms with E-state index < -0.39 is 0 Å². The van der Waals surface area contributed by atoms with Gasteiger partial charge in [-0.3, -0.25) is 4.79 Å². The van der Waals surface area contributed by atoms with E-state index in [0.717, 1.165) is 33.2 Å². The summed E-state index contributed by atoms with van der Waals surface area (Å²) in [5.74, 6) is 0.791. The van der Waals surface area contributed by atoms with Gasteiger partial charge < -0.3 is 4.57 Å². The Morgan fingerprint density at radius 1 is 1.00 bits per heavy atom. The van der Waals surface area contributed by atoms with Crippen LogP contribution in [0.5, 0.6) is 0 Å². The van der Waals surface area contributed by atoms with Crippen molar-refractivity contribution in [2.75, 3.05) is 0 Å². The van der Waals surface area contributed by atoms with E-state index in [-0.39, 0.29) is 5.56 Å². The van der Waals surface area contributed by atoms with Crippen LogP contribution in [0.4, 0.5) is 0 Å². The molecule has 0 saturated carbocycles. The van der Waals surface area contributed by atoms with Crippen LogP contribution < -0.4 is 5.56 Å². The predicted molar refractivity (Wildman–Crippen MR) is 93.9 cm³/mol. The zero-order valence-electron chi connectivity index (χ0n) is 12.2. The molecule has 0 saturated heterocycles. The fraction of sp³-hybridized carbons (Fsp3) is 0.0526. The van der Waals surface area contributed by atoms with Crippen molar-refractivity contribution in [2.24, 2.45) is 0 Å². The summed E-state index contributed by atoms with van der Waals surface area (Å²) in [6.45, 7) is 0.782. The number of nitrogens with zero attached hydrogens (tertiary/aromatic N) is 2. The largest absolute Gasteiger partial charge is 0.312 e. The minimum Gasteiger partial charge on any atom is -0.312 e. The molecular formula is C19H12N2OS. The van der Waals surface area contributed by atoms with Gasteiger partial charge in [0.15, 0.2) is 0 Å². The Kier molecular flexibility index (Phi) is 2.58. The van der Waals surface area contributed by atoms with E-state index in [4.69, 9.17) is 0 Å². The zero-order chi connectivity index (χ0) is 15.4. The first-order valence-electron chi connectivity index (χ1n) is 7.49. The van der Waals surface area contributed by atoms with E-state index in [2.05, 4.69) is 27.8 Å². The van der Waals surface area contributed by atoms with Gasteiger partial charge in [0, 0.05) is 10.4 Å². The van der Waals surface area contributed by atoms with E-state index in [1.807, 2.05) is 42.5 Å². The standard InChI is InChI=1S/C19H12N2OS/c22-18-15-10-16(12-6-2-1-3-7-12)23-19(15)21-11-13-8-4-5-9-14(13)17(21)20-18/h1-10H,11H2. The lowest BCUT2D eigenvalue weighted by Gasteiger charge is -2.03. The Labute approximate surface area is 136 Å². The molecular weight excluding hydrogens is 304 g/mol. The van der Waals surface area contributed by atoms with Gasteiger partial charge in [-0.05, 0) is 17.2 Å². The van der Waals surface area contributed by atoms with Crippen molar-refractivity contribution in [3.63, 3.8) is 0 Å². The third-order valence-electron chi connectivity index (χ3n) is 4.30. The maximum Gasteiger partial charge on any atom is 0.282 e. The molecule has 4 heteroatoms. The average Bonchev–Trinajstić information content (AvgIpc) is 3.18. The molecule has 0 spiro atoms. The number of benzene rings is 2. The lowest BCUT2D eigenvalue weighted by atomic mass is 10.1. The first-order chi connectivity index (χ1) is 11.3. The fourth-order valence-corrected chi connectivity index (χ4v) is 4.35. The van der Waals surface area contributed by atoms with Crippen molar-refractivity contribution >= 4 is 21.6 Å². The zero-order valence-corrected chi connectivity index (χ0v) is 13.0. The number of aromatic nitrogens is 2. The number of hydrogen-bond acceptors (Lipinski definition) is 3. The SMILES string of the molecule is O=c1nc2n(c3sc(-c4ccccc4)cc13)Cc1ccccc1-2. The third kappa shape index (κ3) is 1.82. The molecule has 0 N–H and O–H groups in total. The van der Waals surface area contributed by atoms with Gasteiger partial charge in [0.25, 0.3) is 5.56 Å². The monoisotopic (exact) mass is 316 g/mol. The van der Waals surface area contributed by atoms with Crippen LogP contribution in [0.15, 0.2) is 65.5 Å². The van der Waals surface area contributed by atoms with E-state index in [1.54, 1.807) is 11.3 Å².